The van der Waals surface area contributed by atoms with Crippen LogP contribution >= 0.6 is 23.1 Å². The number of carbonyl (C=O) groups excluding carboxylic acids is 3. The van der Waals surface area contributed by atoms with Gasteiger partial charge in [-0.25, -0.2) is 4.98 Å². The first-order valence-electron chi connectivity index (χ1n) is 7.67. The normalized spacial score (nSPS) is 16.5. The topological polar surface area (TPSA) is 76.1 Å². The number of fused-ring (bicyclic) bond motifs is 1. The average Bonchev–Trinajstić information content (AvgIpc) is 2.99. The Morgan fingerprint density at radius 1 is 1.33 bits per heavy atom. The molecule has 0 spiro atoms. The number of anilines is 1. The lowest BCUT2D eigenvalue weighted by Crippen LogP contribution is -2.28. The summed E-state index contributed by atoms with van der Waals surface area (Å²) in [6.07, 6.45) is 1.03. The third-order valence-corrected chi connectivity index (χ3v) is 5.45. The number of carbonyl (C=O) groups is 3. The van der Waals surface area contributed by atoms with Gasteiger partial charge >= 0.3 is 0 Å². The first-order chi connectivity index (χ1) is 11.6. The molecule has 0 bridgehead atoms. The molecule has 1 unspecified atom stereocenters. The second kappa shape index (κ2) is 7.27. The van der Waals surface area contributed by atoms with Gasteiger partial charge in [0.1, 0.15) is 0 Å². The van der Waals surface area contributed by atoms with Gasteiger partial charge in [-0.05, 0) is 18.6 Å². The van der Waals surface area contributed by atoms with Crippen molar-refractivity contribution in [2.75, 3.05) is 11.1 Å². The highest BCUT2D eigenvalue weighted by molar-refractivity contribution is 8.13. The van der Waals surface area contributed by atoms with Crippen molar-refractivity contribution in [3.05, 3.63) is 46.5 Å². The molecule has 1 aromatic heterocycles. The number of thiazole rings is 1. The lowest BCUT2D eigenvalue weighted by Gasteiger charge is -2.18. The number of aromatic nitrogens is 1. The van der Waals surface area contributed by atoms with E-state index in [4.69, 9.17) is 0 Å². The van der Waals surface area contributed by atoms with Gasteiger partial charge in [0.25, 0.3) is 5.24 Å². The van der Waals surface area contributed by atoms with Crippen molar-refractivity contribution in [3.63, 3.8) is 0 Å². The van der Waals surface area contributed by atoms with E-state index >= 15 is 0 Å². The Morgan fingerprint density at radius 3 is 2.79 bits per heavy atom. The largest absolute Gasteiger partial charge is 0.293 e. The molecule has 0 saturated carbocycles. The molecule has 0 fully saturated rings. The molecule has 0 aliphatic heterocycles. The van der Waals surface area contributed by atoms with Crippen LogP contribution in [-0.2, 0) is 6.42 Å². The van der Waals surface area contributed by atoms with Crippen molar-refractivity contribution in [2.24, 2.45) is 5.92 Å². The van der Waals surface area contributed by atoms with Crippen LogP contribution in [0.1, 0.15) is 39.1 Å². The molecule has 2 aromatic rings. The van der Waals surface area contributed by atoms with Crippen LogP contribution in [0.4, 0.5) is 9.93 Å². The second-order valence-electron chi connectivity index (χ2n) is 5.33. The van der Waals surface area contributed by atoms with E-state index < -0.39 is 5.92 Å². The van der Waals surface area contributed by atoms with E-state index in [9.17, 15) is 14.4 Å². The van der Waals surface area contributed by atoms with Crippen LogP contribution < -0.4 is 5.32 Å². The number of aryl methyl sites for hydroxylation is 1. The molecule has 1 aliphatic rings. The number of amides is 1. The summed E-state index contributed by atoms with van der Waals surface area (Å²) in [5, 5.41) is 2.93. The Bertz CT molecular complexity index is 786. The van der Waals surface area contributed by atoms with Gasteiger partial charge in [0.2, 0.25) is 0 Å². The number of Topliss-reactive ketones (excluding diaryl/α,β-unsaturated/α-hetero) is 2. The quantitative estimate of drug-likeness (QED) is 0.657. The standard InChI is InChI=1S/C17H16N2O3S2/c1-2-23-17(22)19-16-18-12-9-8-11(14(21)15(12)24-16)13(20)10-6-4-3-5-7-10/h3-7,11H,2,8-9H2,1H3,(H,18,19,22). The maximum atomic E-state index is 12.7. The molecule has 1 aromatic carbocycles. The van der Waals surface area contributed by atoms with Crippen molar-refractivity contribution < 1.29 is 14.4 Å². The van der Waals surface area contributed by atoms with Gasteiger partial charge < -0.3 is 0 Å². The van der Waals surface area contributed by atoms with Crippen LogP contribution in [0, 0.1) is 5.92 Å². The van der Waals surface area contributed by atoms with E-state index in [1.807, 2.05) is 13.0 Å². The molecule has 0 saturated heterocycles. The summed E-state index contributed by atoms with van der Waals surface area (Å²) in [7, 11) is 0. The van der Waals surface area contributed by atoms with Gasteiger partial charge in [-0.3, -0.25) is 19.7 Å². The van der Waals surface area contributed by atoms with E-state index in [2.05, 4.69) is 10.3 Å². The molecule has 7 heteroatoms. The molecule has 1 heterocycles. The molecule has 1 amide bonds. The van der Waals surface area contributed by atoms with Crippen LogP contribution in [0.2, 0.25) is 0 Å². The lowest BCUT2D eigenvalue weighted by molar-refractivity contribution is 0.0793. The zero-order valence-corrected chi connectivity index (χ0v) is 14.7. The Labute approximate surface area is 147 Å². The number of rotatable bonds is 4. The molecular weight excluding hydrogens is 344 g/mol. The summed E-state index contributed by atoms with van der Waals surface area (Å²) in [6.45, 7) is 1.89. The van der Waals surface area contributed by atoms with E-state index in [0.717, 1.165) is 23.1 Å². The number of hydrogen-bond acceptors (Lipinski definition) is 6. The molecule has 1 aliphatic carbocycles. The van der Waals surface area contributed by atoms with E-state index in [-0.39, 0.29) is 16.8 Å². The minimum absolute atomic E-state index is 0.147. The van der Waals surface area contributed by atoms with Crippen molar-refractivity contribution in [1.82, 2.24) is 4.98 Å². The lowest BCUT2D eigenvalue weighted by atomic mass is 9.84. The molecular formula is C17H16N2O3S2. The van der Waals surface area contributed by atoms with Crippen LogP contribution in [0.25, 0.3) is 0 Å². The fraction of sp³-hybridized carbons (Fsp3) is 0.294. The predicted molar refractivity (Wildman–Crippen MR) is 96.2 cm³/mol. The number of hydrogen-bond donors (Lipinski definition) is 1. The van der Waals surface area contributed by atoms with E-state index in [0.29, 0.717) is 39.9 Å². The molecule has 5 nitrogen and oxygen atoms in total. The van der Waals surface area contributed by atoms with Gasteiger partial charge in [-0.15, -0.1) is 0 Å². The number of benzene rings is 1. The fourth-order valence-corrected chi connectivity index (χ4v) is 4.14. The Kier molecular flexibility index (Phi) is 5.11. The van der Waals surface area contributed by atoms with Crippen LogP contribution in [0.5, 0.6) is 0 Å². The summed E-state index contributed by atoms with van der Waals surface area (Å²) in [4.78, 5) is 41.7. The Balaban J connectivity index is 1.79. The smallest absolute Gasteiger partial charge is 0.285 e. The highest BCUT2D eigenvalue weighted by Crippen LogP contribution is 2.34. The minimum Gasteiger partial charge on any atom is -0.293 e. The summed E-state index contributed by atoms with van der Waals surface area (Å²) in [5.74, 6) is -0.323. The highest BCUT2D eigenvalue weighted by atomic mass is 32.2. The third-order valence-electron chi connectivity index (χ3n) is 3.77. The highest BCUT2D eigenvalue weighted by Gasteiger charge is 2.35. The van der Waals surface area contributed by atoms with Crippen LogP contribution in [0.3, 0.4) is 0 Å². The molecule has 3 rings (SSSR count). The van der Waals surface area contributed by atoms with E-state index in [1.54, 1.807) is 24.3 Å². The molecule has 124 valence electrons. The first-order valence-corrected chi connectivity index (χ1v) is 9.47. The number of nitrogens with one attached hydrogen (secondary N) is 1. The minimum atomic E-state index is -0.658. The Hall–Kier alpha value is -1.99. The molecule has 1 N–H and O–H groups in total. The number of ketones is 2. The first kappa shape index (κ1) is 16.9. The molecule has 24 heavy (non-hydrogen) atoms. The van der Waals surface area contributed by atoms with Crippen molar-refractivity contribution in [1.29, 1.82) is 0 Å². The predicted octanol–water partition coefficient (Wildman–Crippen LogP) is 4.06. The van der Waals surface area contributed by atoms with Crippen molar-refractivity contribution in [2.45, 2.75) is 19.8 Å². The SMILES string of the molecule is CCSC(=O)Nc1nc2c(s1)C(=O)C(C(=O)c1ccccc1)CC2. The average molecular weight is 360 g/mol. The van der Waals surface area contributed by atoms with Crippen LogP contribution in [-0.4, -0.2) is 27.5 Å². The summed E-state index contributed by atoms with van der Waals surface area (Å²) < 4.78 is 0. The maximum absolute atomic E-state index is 12.7. The van der Waals surface area contributed by atoms with Crippen molar-refractivity contribution >= 4 is 45.0 Å². The molecule has 1 atom stereocenters. The fourth-order valence-electron chi connectivity index (χ4n) is 2.65. The zero-order chi connectivity index (χ0) is 17.1. The van der Waals surface area contributed by atoms with Crippen molar-refractivity contribution in [3.8, 4) is 0 Å². The van der Waals surface area contributed by atoms with Gasteiger partial charge in [-0.1, -0.05) is 60.4 Å². The van der Waals surface area contributed by atoms with Gasteiger partial charge in [0.05, 0.1) is 16.5 Å². The summed E-state index contributed by atoms with van der Waals surface area (Å²) in [6, 6.07) is 8.87. The maximum Gasteiger partial charge on any atom is 0.285 e. The monoisotopic (exact) mass is 360 g/mol. The summed E-state index contributed by atoms with van der Waals surface area (Å²) >= 11 is 2.31. The molecule has 0 radical (unpaired) electrons. The van der Waals surface area contributed by atoms with Gasteiger partial charge in [0, 0.05) is 5.56 Å². The van der Waals surface area contributed by atoms with E-state index in [1.165, 1.54) is 0 Å². The third kappa shape index (κ3) is 3.42. The number of nitrogens with zero attached hydrogens (tertiary/aromatic N) is 1. The number of thioether (sulfide) groups is 1. The van der Waals surface area contributed by atoms with Gasteiger partial charge in [0.15, 0.2) is 16.7 Å². The van der Waals surface area contributed by atoms with Gasteiger partial charge in [-0.2, -0.15) is 0 Å². The Morgan fingerprint density at radius 2 is 2.08 bits per heavy atom. The second-order valence-corrected chi connectivity index (χ2v) is 7.56. The van der Waals surface area contributed by atoms with Crippen LogP contribution in [0.15, 0.2) is 30.3 Å². The summed E-state index contributed by atoms with van der Waals surface area (Å²) in [5.41, 5.74) is 1.23. The zero-order valence-electron chi connectivity index (χ0n) is 13.1.